The average Bonchev–Trinajstić information content (AvgIpc) is 3.96. The van der Waals surface area contributed by atoms with E-state index < -0.39 is 13.7 Å². The Hall–Kier alpha value is -8.02. The third kappa shape index (κ3) is 6.98. The quantitative estimate of drug-likeness (QED) is 0.127. The smallest absolute Gasteiger partial charge is 0.269 e. The highest BCUT2D eigenvalue weighted by atomic mass is 16.5. The van der Waals surface area contributed by atoms with Crippen molar-refractivity contribution >= 4 is 32.8 Å². The first-order chi connectivity index (χ1) is 35.7. The molecule has 12 rings (SSSR count). The average molecular weight is 901 g/mol. The highest BCUT2D eigenvalue weighted by molar-refractivity contribution is 6.09. The predicted molar refractivity (Wildman–Crippen MR) is 284 cm³/mol. The number of aryl methyl sites for hydroxylation is 2. The first-order valence-corrected chi connectivity index (χ1v) is 23.5. The molecule has 336 valence electrons. The monoisotopic (exact) mass is 900 g/mol. The molecule has 0 fully saturated rings. The molecule has 0 aliphatic carbocycles. The topological polar surface area (TPSA) is 35.9 Å². The fourth-order valence-electron chi connectivity index (χ4n) is 10.3. The number of hydrogen-bond acceptors (Lipinski definition) is 2. The number of rotatable bonds is 5. The molecule has 4 heterocycles. The van der Waals surface area contributed by atoms with Crippen molar-refractivity contribution in [1.82, 2.24) is 14.1 Å². The Kier molecular flexibility index (Phi) is 8.25. The van der Waals surface area contributed by atoms with Crippen LogP contribution >= 0.6 is 0 Å². The molecule has 0 saturated carbocycles. The molecule has 0 bridgehead atoms. The molecule has 0 spiro atoms. The maximum Gasteiger partial charge on any atom is 0.269 e. The molecule has 0 atom stereocenters. The molecule has 8 aromatic carbocycles. The molecule has 1 aliphatic rings. The Morgan fingerprint density at radius 2 is 1.13 bits per heavy atom. The van der Waals surface area contributed by atoms with Gasteiger partial charge in [-0.25, -0.2) is 4.98 Å². The summed E-state index contributed by atoms with van der Waals surface area (Å²) >= 11 is 0. The van der Waals surface area contributed by atoms with Gasteiger partial charge in [-0.05, 0) is 140 Å². The van der Waals surface area contributed by atoms with Gasteiger partial charge in [0, 0.05) is 31.3 Å². The number of benzene rings is 8. The van der Waals surface area contributed by atoms with Gasteiger partial charge < -0.3 is 4.74 Å². The molecule has 1 aliphatic heterocycles. The maximum atomic E-state index is 8.83. The Labute approximate surface area is 413 Å². The van der Waals surface area contributed by atoms with Crippen LogP contribution in [0.3, 0.4) is 0 Å². The molecule has 11 aromatic rings. The van der Waals surface area contributed by atoms with Crippen molar-refractivity contribution in [2.24, 2.45) is 0 Å². The number of imidazole rings is 1. The number of nitrogens with zero attached hydrogens (tertiary/aromatic N) is 4. The third-order valence-electron chi connectivity index (χ3n) is 13.8. The number of aromatic nitrogens is 4. The zero-order chi connectivity index (χ0) is 52.3. The first-order valence-electron chi connectivity index (χ1n) is 26.5. The molecule has 0 N–H and O–H groups in total. The molecule has 69 heavy (non-hydrogen) atoms. The molecule has 5 heteroatoms. The standard InChI is InChI=1S/C64H54N4O/c1-40-17-13-18-41(2)60(40)54-26-15-24-53-55-35-42(63(3,4)5)29-31-49(55)47-21-9-10-22-48(47)52-25-16-28-57-62(52)67(61(53)54)39-66(57)44-19-14-20-45(37-44)69-46-30-32-51-50-23-11-12-27-56(50)68(58(51)38-46)59-36-43(33-34-65-59)64(6,7)8/h9-38H,1-8H3/i1D3,2D3. The summed E-state index contributed by atoms with van der Waals surface area (Å²) in [6.07, 6.45) is 5.67. The van der Waals surface area contributed by atoms with Crippen molar-refractivity contribution in [2.45, 2.75) is 66.1 Å². The van der Waals surface area contributed by atoms with Crippen LogP contribution in [-0.2, 0) is 10.8 Å². The third-order valence-corrected chi connectivity index (χ3v) is 13.8. The lowest BCUT2D eigenvalue weighted by molar-refractivity contribution is -0.570. The minimum Gasteiger partial charge on any atom is -0.458 e. The number of pyridine rings is 1. The second-order valence-electron chi connectivity index (χ2n) is 20.2. The molecule has 3 aromatic heterocycles. The van der Waals surface area contributed by atoms with Crippen molar-refractivity contribution in [3.63, 3.8) is 0 Å². The molecule has 0 amide bonds. The highest BCUT2D eigenvalue weighted by Crippen LogP contribution is 2.47. The van der Waals surface area contributed by atoms with Crippen LogP contribution in [0.4, 0.5) is 0 Å². The number of para-hydroxylation sites is 3. The Morgan fingerprint density at radius 1 is 0.507 bits per heavy atom. The van der Waals surface area contributed by atoms with E-state index in [4.69, 9.17) is 17.9 Å². The van der Waals surface area contributed by atoms with E-state index in [1.807, 2.05) is 57.8 Å². The van der Waals surface area contributed by atoms with Crippen LogP contribution in [0.1, 0.15) is 72.0 Å². The van der Waals surface area contributed by atoms with Crippen molar-refractivity contribution in [3.8, 4) is 73.2 Å². The van der Waals surface area contributed by atoms with Gasteiger partial charge in [0.25, 0.3) is 6.33 Å². The molecular formula is C64H54N4O. The van der Waals surface area contributed by atoms with E-state index in [0.29, 0.717) is 22.7 Å². The van der Waals surface area contributed by atoms with E-state index in [0.717, 1.165) is 83.3 Å². The largest absolute Gasteiger partial charge is 0.458 e. The fourth-order valence-corrected chi connectivity index (χ4v) is 10.3. The maximum absolute atomic E-state index is 8.83. The summed E-state index contributed by atoms with van der Waals surface area (Å²) in [5.74, 6) is 2.08. The predicted octanol–water partition coefficient (Wildman–Crippen LogP) is 16.2. The van der Waals surface area contributed by atoms with Crippen molar-refractivity contribution in [2.75, 3.05) is 0 Å². The van der Waals surface area contributed by atoms with Gasteiger partial charge in [0.05, 0.1) is 33.4 Å². The Morgan fingerprint density at radius 3 is 1.93 bits per heavy atom. The number of fused-ring (bicyclic) bond motifs is 10. The van der Waals surface area contributed by atoms with E-state index in [2.05, 4.69) is 168 Å². The van der Waals surface area contributed by atoms with Gasteiger partial charge in [0.1, 0.15) is 17.3 Å². The number of ether oxygens (including phenoxy) is 1. The minimum absolute atomic E-state index is 0.0426. The van der Waals surface area contributed by atoms with Gasteiger partial charge in [0.15, 0.2) is 0 Å². The highest BCUT2D eigenvalue weighted by Gasteiger charge is 2.28. The second-order valence-corrected chi connectivity index (χ2v) is 20.2. The lowest BCUT2D eigenvalue weighted by atomic mass is 9.81. The van der Waals surface area contributed by atoms with Crippen molar-refractivity contribution in [1.29, 1.82) is 0 Å². The summed E-state index contributed by atoms with van der Waals surface area (Å²) in [5, 5.41) is 2.20. The zero-order valence-corrected chi connectivity index (χ0v) is 39.5. The SMILES string of the molecule is [2H]C([2H])([2H])c1cccc(C([2H])([2H])[2H])c1-c1cccc2c1-[n+]1[c-]n(-c3cccc(Oc4ccc5c6ccccc6n(-c6cc(C(C)(C)C)ccn6)c5c4)c3)c3cccc(c31)-c1ccccc1-c1ccc(C(C)(C)C)cc1-2. The van der Waals surface area contributed by atoms with Crippen LogP contribution in [0.2, 0.25) is 0 Å². The molecular weight excluding hydrogens is 841 g/mol. The van der Waals surface area contributed by atoms with Gasteiger partial charge in [-0.1, -0.05) is 163 Å². The van der Waals surface area contributed by atoms with Crippen LogP contribution in [0.25, 0.3) is 94.5 Å². The van der Waals surface area contributed by atoms with Gasteiger partial charge in [0.2, 0.25) is 0 Å². The van der Waals surface area contributed by atoms with Gasteiger partial charge in [-0.15, -0.1) is 0 Å². The zero-order valence-electron chi connectivity index (χ0n) is 45.5. The van der Waals surface area contributed by atoms with Crippen LogP contribution in [0, 0.1) is 20.0 Å². The van der Waals surface area contributed by atoms with E-state index in [1.54, 1.807) is 0 Å². The lowest BCUT2D eigenvalue weighted by Crippen LogP contribution is -2.32. The summed E-state index contributed by atoms with van der Waals surface area (Å²) in [6, 6.07) is 58.4. The van der Waals surface area contributed by atoms with Gasteiger partial charge >= 0.3 is 0 Å². The summed E-state index contributed by atoms with van der Waals surface area (Å²) in [4.78, 5) is 4.88. The lowest BCUT2D eigenvalue weighted by Gasteiger charge is -2.24. The molecule has 5 nitrogen and oxygen atoms in total. The van der Waals surface area contributed by atoms with Crippen LogP contribution < -0.4 is 9.30 Å². The van der Waals surface area contributed by atoms with Crippen molar-refractivity contribution < 1.29 is 17.5 Å². The molecule has 0 saturated heterocycles. The van der Waals surface area contributed by atoms with E-state index in [9.17, 15) is 0 Å². The fraction of sp³-hybridized carbons (Fsp3) is 0.156. The van der Waals surface area contributed by atoms with Crippen LogP contribution in [0.15, 0.2) is 182 Å². The molecule has 0 unspecified atom stereocenters. The minimum atomic E-state index is -2.64. The normalized spacial score (nSPS) is 14.0. The van der Waals surface area contributed by atoms with E-state index in [1.165, 1.54) is 23.8 Å². The Balaban J connectivity index is 1.09. The molecule has 0 radical (unpaired) electrons. The summed E-state index contributed by atoms with van der Waals surface area (Å²) in [5.41, 5.74) is 13.2. The summed E-state index contributed by atoms with van der Waals surface area (Å²) in [7, 11) is 0. The van der Waals surface area contributed by atoms with E-state index in [-0.39, 0.29) is 27.5 Å². The second kappa shape index (κ2) is 15.8. The van der Waals surface area contributed by atoms with E-state index >= 15 is 0 Å². The summed E-state index contributed by atoms with van der Waals surface area (Å²) in [6.45, 7) is 7.90. The van der Waals surface area contributed by atoms with Gasteiger partial charge in [-0.2, -0.15) is 0 Å². The van der Waals surface area contributed by atoms with Crippen molar-refractivity contribution in [3.05, 3.63) is 211 Å². The van der Waals surface area contributed by atoms with Crippen LogP contribution in [-0.4, -0.2) is 14.1 Å². The summed E-state index contributed by atoms with van der Waals surface area (Å²) < 4.78 is 66.0. The first kappa shape index (κ1) is 36.1. The number of hydrogen-bond donors (Lipinski definition) is 0. The van der Waals surface area contributed by atoms with Crippen LogP contribution in [0.5, 0.6) is 11.5 Å². The Bertz CT molecular complexity index is 4080. The van der Waals surface area contributed by atoms with Gasteiger partial charge in [-0.3, -0.25) is 13.7 Å².